The van der Waals surface area contributed by atoms with E-state index in [1.165, 1.54) is 29.4 Å². The van der Waals surface area contributed by atoms with Crippen LogP contribution in [0.2, 0.25) is 0 Å². The van der Waals surface area contributed by atoms with Crippen LogP contribution in [0.4, 0.5) is 0 Å². The Morgan fingerprint density at radius 3 is 2.00 bits per heavy atom. The molecule has 0 spiro atoms. The minimum Gasteiger partial charge on any atom is -0.489 e. The van der Waals surface area contributed by atoms with Crippen molar-refractivity contribution < 1.29 is 19.0 Å². The summed E-state index contributed by atoms with van der Waals surface area (Å²) in [6.45, 7) is 5.29. The number of carbonyl (C=O) groups excluding carboxylic acids is 1. The van der Waals surface area contributed by atoms with Gasteiger partial charge < -0.3 is 14.2 Å². The molecule has 0 aromatic heterocycles. The zero-order valence-corrected chi connectivity index (χ0v) is 21.1. The molecular weight excluding hydrogens is 448 g/mol. The summed E-state index contributed by atoms with van der Waals surface area (Å²) in [5.41, 5.74) is 8.08. The predicted octanol–water partition coefficient (Wildman–Crippen LogP) is 7.23. The second-order valence-corrected chi connectivity index (χ2v) is 8.92. The van der Waals surface area contributed by atoms with Crippen LogP contribution < -0.4 is 9.47 Å². The van der Waals surface area contributed by atoms with Crippen molar-refractivity contribution in [1.82, 2.24) is 0 Å². The predicted molar refractivity (Wildman–Crippen MR) is 143 cm³/mol. The largest absolute Gasteiger partial charge is 0.489 e. The van der Waals surface area contributed by atoms with Gasteiger partial charge in [0.2, 0.25) is 0 Å². The first kappa shape index (κ1) is 25.1. The average Bonchev–Trinajstić information content (AvgIpc) is 2.90. The lowest BCUT2D eigenvalue weighted by Crippen LogP contribution is -2.02. The molecule has 4 aromatic rings. The molecule has 0 unspecified atom stereocenters. The van der Waals surface area contributed by atoms with E-state index in [9.17, 15) is 4.79 Å². The Labute approximate surface area is 213 Å². The normalized spacial score (nSPS) is 10.6. The van der Waals surface area contributed by atoms with Crippen LogP contribution >= 0.6 is 0 Å². The molecule has 184 valence electrons. The standard InChI is InChI=1S/C32H32O4/c1-23-18-30(36-21-26-8-5-4-6-9-26)19-24(2)32(23)28-11-7-10-27(20-28)22-35-29-15-12-25(13-16-29)14-17-31(33)34-3/h4-13,15-16,18-20H,14,17,21-22H2,1-3H3. The van der Waals surface area contributed by atoms with Crippen LogP contribution in [0.5, 0.6) is 11.5 Å². The number of aryl methyl sites for hydroxylation is 3. The van der Waals surface area contributed by atoms with Gasteiger partial charge in [-0.15, -0.1) is 0 Å². The van der Waals surface area contributed by atoms with Crippen LogP contribution in [0.1, 0.15) is 34.2 Å². The molecule has 36 heavy (non-hydrogen) atoms. The molecule has 4 aromatic carbocycles. The third-order valence-electron chi connectivity index (χ3n) is 6.14. The molecule has 0 saturated heterocycles. The maximum absolute atomic E-state index is 11.3. The molecule has 0 bridgehead atoms. The number of hydrogen-bond donors (Lipinski definition) is 0. The number of carbonyl (C=O) groups is 1. The highest BCUT2D eigenvalue weighted by Crippen LogP contribution is 2.32. The first-order valence-corrected chi connectivity index (χ1v) is 12.2. The van der Waals surface area contributed by atoms with Gasteiger partial charge in [-0.3, -0.25) is 4.79 Å². The minimum atomic E-state index is -0.199. The molecule has 0 heterocycles. The van der Waals surface area contributed by atoms with E-state index in [4.69, 9.17) is 14.2 Å². The molecule has 0 atom stereocenters. The first-order valence-electron chi connectivity index (χ1n) is 12.2. The fraction of sp³-hybridized carbons (Fsp3) is 0.219. The van der Waals surface area contributed by atoms with E-state index in [0.29, 0.717) is 26.1 Å². The number of methoxy groups -OCH3 is 1. The molecule has 0 amide bonds. The highest BCUT2D eigenvalue weighted by molar-refractivity contribution is 5.72. The molecule has 0 fully saturated rings. The molecule has 0 aliphatic carbocycles. The van der Waals surface area contributed by atoms with E-state index in [-0.39, 0.29) is 5.97 Å². The second kappa shape index (κ2) is 12.1. The van der Waals surface area contributed by atoms with Gasteiger partial charge in [0.15, 0.2) is 0 Å². The molecule has 0 aliphatic rings. The lowest BCUT2D eigenvalue weighted by Gasteiger charge is -2.15. The summed E-state index contributed by atoms with van der Waals surface area (Å²) in [7, 11) is 1.41. The topological polar surface area (TPSA) is 44.8 Å². The van der Waals surface area contributed by atoms with Crippen molar-refractivity contribution in [3.8, 4) is 22.6 Å². The van der Waals surface area contributed by atoms with Crippen LogP contribution in [0.3, 0.4) is 0 Å². The summed E-state index contributed by atoms with van der Waals surface area (Å²) in [4.78, 5) is 11.3. The molecule has 0 N–H and O–H groups in total. The number of ether oxygens (including phenoxy) is 3. The van der Waals surface area contributed by atoms with Crippen LogP contribution in [-0.4, -0.2) is 13.1 Å². The van der Waals surface area contributed by atoms with Crippen molar-refractivity contribution in [2.75, 3.05) is 7.11 Å². The van der Waals surface area contributed by atoms with Gasteiger partial charge in [0.25, 0.3) is 0 Å². The van der Waals surface area contributed by atoms with E-state index >= 15 is 0 Å². The Morgan fingerprint density at radius 1 is 0.667 bits per heavy atom. The van der Waals surface area contributed by atoms with Crippen LogP contribution in [0, 0.1) is 13.8 Å². The fourth-order valence-electron chi connectivity index (χ4n) is 4.29. The Balaban J connectivity index is 1.40. The summed E-state index contributed by atoms with van der Waals surface area (Å²) in [5.74, 6) is 1.48. The number of benzene rings is 4. The number of esters is 1. The van der Waals surface area contributed by atoms with E-state index in [2.05, 4.69) is 62.4 Å². The van der Waals surface area contributed by atoms with Crippen molar-refractivity contribution in [3.05, 3.63) is 119 Å². The van der Waals surface area contributed by atoms with E-state index in [1.807, 2.05) is 42.5 Å². The van der Waals surface area contributed by atoms with Gasteiger partial charge in [-0.05, 0) is 89.5 Å². The Hall–Kier alpha value is -4.05. The van der Waals surface area contributed by atoms with Gasteiger partial charge in [-0.25, -0.2) is 0 Å². The van der Waals surface area contributed by atoms with Gasteiger partial charge in [-0.2, -0.15) is 0 Å². The number of hydrogen-bond acceptors (Lipinski definition) is 4. The first-order chi connectivity index (χ1) is 17.5. The summed E-state index contributed by atoms with van der Waals surface area (Å²) >= 11 is 0. The monoisotopic (exact) mass is 480 g/mol. The van der Waals surface area contributed by atoms with Crippen molar-refractivity contribution in [2.24, 2.45) is 0 Å². The third-order valence-corrected chi connectivity index (χ3v) is 6.14. The Bertz CT molecular complexity index is 1270. The molecule has 4 rings (SSSR count). The molecule has 4 nitrogen and oxygen atoms in total. The summed E-state index contributed by atoms with van der Waals surface area (Å²) < 4.78 is 16.8. The van der Waals surface area contributed by atoms with Gasteiger partial charge in [0.05, 0.1) is 7.11 Å². The van der Waals surface area contributed by atoms with Crippen molar-refractivity contribution >= 4 is 5.97 Å². The minimum absolute atomic E-state index is 0.199. The average molecular weight is 481 g/mol. The Kier molecular flexibility index (Phi) is 8.40. The van der Waals surface area contributed by atoms with E-state index < -0.39 is 0 Å². The lowest BCUT2D eigenvalue weighted by atomic mass is 9.94. The highest BCUT2D eigenvalue weighted by atomic mass is 16.5. The molecule has 0 radical (unpaired) electrons. The molecule has 0 saturated carbocycles. The van der Waals surface area contributed by atoms with E-state index in [1.54, 1.807) is 0 Å². The van der Waals surface area contributed by atoms with Crippen LogP contribution in [0.25, 0.3) is 11.1 Å². The SMILES string of the molecule is COC(=O)CCc1ccc(OCc2cccc(-c3c(C)cc(OCc4ccccc4)cc3C)c2)cc1. The maximum atomic E-state index is 11.3. The smallest absolute Gasteiger partial charge is 0.305 e. The van der Waals surface area contributed by atoms with Crippen molar-refractivity contribution in [2.45, 2.75) is 39.9 Å². The maximum Gasteiger partial charge on any atom is 0.305 e. The van der Waals surface area contributed by atoms with Gasteiger partial charge in [0.1, 0.15) is 24.7 Å². The Morgan fingerprint density at radius 2 is 1.31 bits per heavy atom. The van der Waals surface area contributed by atoms with Crippen molar-refractivity contribution in [3.63, 3.8) is 0 Å². The van der Waals surface area contributed by atoms with Crippen LogP contribution in [0.15, 0.2) is 91.0 Å². The third kappa shape index (κ3) is 6.76. The van der Waals surface area contributed by atoms with Crippen LogP contribution in [-0.2, 0) is 29.2 Å². The highest BCUT2D eigenvalue weighted by Gasteiger charge is 2.10. The zero-order chi connectivity index (χ0) is 25.3. The lowest BCUT2D eigenvalue weighted by molar-refractivity contribution is -0.140. The quantitative estimate of drug-likeness (QED) is 0.225. The molecule has 0 aliphatic heterocycles. The van der Waals surface area contributed by atoms with Crippen molar-refractivity contribution in [1.29, 1.82) is 0 Å². The second-order valence-electron chi connectivity index (χ2n) is 8.92. The fourth-order valence-corrected chi connectivity index (χ4v) is 4.29. The zero-order valence-electron chi connectivity index (χ0n) is 21.1. The summed E-state index contributed by atoms with van der Waals surface area (Å²) in [6.07, 6.45) is 1.03. The van der Waals surface area contributed by atoms with Gasteiger partial charge in [0, 0.05) is 6.42 Å². The number of rotatable bonds is 10. The molecule has 4 heteroatoms. The summed E-state index contributed by atoms with van der Waals surface area (Å²) in [5, 5.41) is 0. The summed E-state index contributed by atoms with van der Waals surface area (Å²) in [6, 6.07) is 30.8. The molecular formula is C32H32O4. The van der Waals surface area contributed by atoms with Gasteiger partial charge >= 0.3 is 5.97 Å². The van der Waals surface area contributed by atoms with E-state index in [0.717, 1.165) is 28.2 Å². The van der Waals surface area contributed by atoms with Gasteiger partial charge in [-0.1, -0.05) is 60.7 Å².